The molecule has 0 aliphatic carbocycles. The number of halogens is 1. The van der Waals surface area contributed by atoms with Gasteiger partial charge >= 0.3 is 0 Å². The van der Waals surface area contributed by atoms with Crippen LogP contribution < -0.4 is 5.30 Å². The predicted molar refractivity (Wildman–Crippen MR) is 84.4 cm³/mol. The maximum absolute atomic E-state index is 6.76. The molecule has 0 spiro atoms. The minimum absolute atomic E-state index is 0.0233. The van der Waals surface area contributed by atoms with Gasteiger partial charge in [0.05, 0.1) is 5.39 Å². The summed E-state index contributed by atoms with van der Waals surface area (Å²) in [4.78, 5) is 0. The molecule has 1 aromatic rings. The quantitative estimate of drug-likeness (QED) is 0.674. The molecule has 1 aromatic carbocycles. The second kappa shape index (κ2) is 5.87. The Hall–Kier alpha value is 0.160. The Bertz CT molecular complexity index is 398. The van der Waals surface area contributed by atoms with E-state index < -0.39 is 5.39 Å². The summed E-state index contributed by atoms with van der Waals surface area (Å²) < 4.78 is 0. The average Bonchev–Trinajstić information content (AvgIpc) is 2.27. The van der Waals surface area contributed by atoms with E-state index in [-0.39, 0.29) is 5.16 Å². The van der Waals surface area contributed by atoms with E-state index in [1.165, 1.54) is 6.42 Å². The van der Waals surface area contributed by atoms with E-state index in [0.29, 0.717) is 5.92 Å². The largest absolute Gasteiger partial charge is 0.0800 e. The highest BCUT2D eigenvalue weighted by atomic mass is 35.7. The molecule has 0 aliphatic heterocycles. The molecule has 0 aromatic heterocycles. The lowest BCUT2D eigenvalue weighted by Gasteiger charge is -2.34. The molecule has 17 heavy (non-hydrogen) atoms. The summed E-state index contributed by atoms with van der Waals surface area (Å²) in [6.07, 6.45) is 2.28. The molecule has 0 aliphatic rings. The van der Waals surface area contributed by atoms with Crippen molar-refractivity contribution in [2.24, 2.45) is 5.92 Å². The Kier molecular flexibility index (Phi) is 5.25. The first-order chi connectivity index (χ1) is 7.77. The van der Waals surface area contributed by atoms with Crippen molar-refractivity contribution in [1.29, 1.82) is 0 Å². The Morgan fingerprint density at radius 3 is 2.24 bits per heavy atom. The molecule has 0 amide bonds. The lowest BCUT2D eigenvalue weighted by atomic mass is 10.0. The molecule has 1 atom stereocenters. The lowest BCUT2D eigenvalue weighted by molar-refractivity contribution is 0.499. The van der Waals surface area contributed by atoms with Crippen LogP contribution >= 0.6 is 16.6 Å². The van der Waals surface area contributed by atoms with Crippen LogP contribution in [0, 0.1) is 5.92 Å². The predicted octanol–water partition coefficient (Wildman–Crippen LogP) is 5.16. The molecule has 1 unspecified atom stereocenters. The van der Waals surface area contributed by atoms with Crippen molar-refractivity contribution < 1.29 is 0 Å². The summed E-state index contributed by atoms with van der Waals surface area (Å²) in [7, 11) is 0. The number of rotatable bonds is 5. The van der Waals surface area contributed by atoms with Gasteiger partial charge in [-0.25, -0.2) is 0 Å². The Morgan fingerprint density at radius 1 is 1.24 bits per heavy atom. The SMILES string of the molecule is CC(C)CCC(C)(C)P(=S)(Cl)c1ccccc1. The van der Waals surface area contributed by atoms with E-state index in [9.17, 15) is 0 Å². The zero-order chi connectivity index (χ0) is 13.1. The van der Waals surface area contributed by atoms with E-state index >= 15 is 0 Å². The second-order valence-corrected chi connectivity index (χ2v) is 12.2. The van der Waals surface area contributed by atoms with Gasteiger partial charge < -0.3 is 0 Å². The second-order valence-electron chi connectivity index (χ2n) is 5.61. The van der Waals surface area contributed by atoms with Crippen molar-refractivity contribution in [3.8, 4) is 0 Å². The standard InChI is InChI=1S/C14H22ClPS/c1-12(2)10-11-14(3,4)16(15,17)13-8-6-5-7-9-13/h5-9,12H,10-11H2,1-4H3. The Labute approximate surface area is 116 Å². The van der Waals surface area contributed by atoms with Gasteiger partial charge in [-0.1, -0.05) is 87.5 Å². The topological polar surface area (TPSA) is 0 Å². The van der Waals surface area contributed by atoms with E-state index in [0.717, 1.165) is 11.7 Å². The Balaban J connectivity index is 2.93. The third kappa shape index (κ3) is 3.81. The number of hydrogen-bond acceptors (Lipinski definition) is 1. The average molecular weight is 289 g/mol. The molecule has 3 heteroatoms. The summed E-state index contributed by atoms with van der Waals surface area (Å²) in [6, 6.07) is 10.2. The summed E-state index contributed by atoms with van der Waals surface area (Å²) in [5, 5.41) is -0.831. The van der Waals surface area contributed by atoms with Gasteiger partial charge in [-0.2, -0.15) is 0 Å². The molecular formula is C14H22ClPS. The van der Waals surface area contributed by atoms with Gasteiger partial charge in [0.25, 0.3) is 0 Å². The maximum Gasteiger partial charge on any atom is 0.0711 e. The monoisotopic (exact) mass is 288 g/mol. The molecule has 0 heterocycles. The van der Waals surface area contributed by atoms with Crippen LogP contribution in [-0.4, -0.2) is 5.16 Å². The van der Waals surface area contributed by atoms with Crippen LogP contribution in [0.4, 0.5) is 0 Å². The van der Waals surface area contributed by atoms with Crippen molar-refractivity contribution in [1.82, 2.24) is 0 Å². The first-order valence-corrected chi connectivity index (χ1v) is 9.83. The fourth-order valence-corrected chi connectivity index (χ4v) is 4.66. The smallest absolute Gasteiger partial charge is 0.0711 e. The van der Waals surface area contributed by atoms with Gasteiger partial charge in [-0.3, -0.25) is 0 Å². The molecule has 0 fully saturated rings. The van der Waals surface area contributed by atoms with Gasteiger partial charge in [0.1, 0.15) is 0 Å². The van der Waals surface area contributed by atoms with Gasteiger partial charge in [-0.05, 0) is 17.6 Å². The van der Waals surface area contributed by atoms with Crippen LogP contribution in [0.1, 0.15) is 40.5 Å². The highest BCUT2D eigenvalue weighted by Crippen LogP contribution is 2.63. The van der Waals surface area contributed by atoms with Gasteiger partial charge in [0.2, 0.25) is 0 Å². The molecule has 0 saturated carbocycles. The van der Waals surface area contributed by atoms with Gasteiger partial charge in [0.15, 0.2) is 0 Å². The highest BCUT2D eigenvalue weighted by molar-refractivity contribution is 8.31. The minimum atomic E-state index is -2.00. The summed E-state index contributed by atoms with van der Waals surface area (Å²) >= 11 is 12.5. The minimum Gasteiger partial charge on any atom is -0.0800 e. The first kappa shape index (κ1) is 15.2. The maximum atomic E-state index is 6.76. The molecule has 0 bridgehead atoms. The number of hydrogen-bond donors (Lipinski definition) is 0. The van der Waals surface area contributed by atoms with Crippen molar-refractivity contribution in [3.05, 3.63) is 30.3 Å². The van der Waals surface area contributed by atoms with E-state index in [2.05, 4.69) is 39.8 Å². The fourth-order valence-electron chi connectivity index (χ4n) is 1.75. The van der Waals surface area contributed by atoms with E-state index in [4.69, 9.17) is 23.0 Å². The fraction of sp³-hybridized carbons (Fsp3) is 0.571. The zero-order valence-corrected chi connectivity index (χ0v) is 13.6. The van der Waals surface area contributed by atoms with Crippen LogP contribution in [0.15, 0.2) is 30.3 Å². The third-order valence-corrected chi connectivity index (χ3v) is 10.0. The highest BCUT2D eigenvalue weighted by Gasteiger charge is 2.35. The zero-order valence-electron chi connectivity index (χ0n) is 11.1. The van der Waals surface area contributed by atoms with Crippen LogP contribution in [0.3, 0.4) is 0 Å². The first-order valence-electron chi connectivity index (χ1n) is 6.13. The molecular weight excluding hydrogens is 267 g/mol. The van der Waals surface area contributed by atoms with E-state index in [1.807, 2.05) is 18.2 Å². The Morgan fingerprint density at radius 2 is 1.76 bits per heavy atom. The molecule has 0 N–H and O–H groups in total. The summed E-state index contributed by atoms with van der Waals surface area (Å²) in [5.41, 5.74) is 0. The molecule has 0 saturated heterocycles. The number of benzene rings is 1. The normalized spacial score (nSPS) is 15.9. The molecule has 96 valence electrons. The van der Waals surface area contributed by atoms with Crippen LogP contribution in [0.5, 0.6) is 0 Å². The lowest BCUT2D eigenvalue weighted by Crippen LogP contribution is -2.24. The third-order valence-electron chi connectivity index (χ3n) is 3.20. The van der Waals surface area contributed by atoms with Crippen LogP contribution in [-0.2, 0) is 11.8 Å². The summed E-state index contributed by atoms with van der Waals surface area (Å²) in [6.45, 7) is 8.93. The van der Waals surface area contributed by atoms with Crippen molar-refractivity contribution in [2.75, 3.05) is 0 Å². The van der Waals surface area contributed by atoms with Gasteiger partial charge in [0, 0.05) is 5.16 Å². The van der Waals surface area contributed by atoms with E-state index in [1.54, 1.807) is 0 Å². The van der Waals surface area contributed by atoms with Crippen molar-refractivity contribution >= 4 is 33.7 Å². The van der Waals surface area contributed by atoms with Crippen molar-refractivity contribution in [2.45, 2.75) is 45.7 Å². The van der Waals surface area contributed by atoms with Crippen LogP contribution in [0.25, 0.3) is 0 Å². The summed E-state index contributed by atoms with van der Waals surface area (Å²) in [5.74, 6) is 0.705. The molecule has 0 radical (unpaired) electrons. The van der Waals surface area contributed by atoms with Gasteiger partial charge in [-0.15, -0.1) is 0 Å². The molecule has 0 nitrogen and oxygen atoms in total. The van der Waals surface area contributed by atoms with Crippen molar-refractivity contribution in [3.63, 3.8) is 0 Å². The molecule has 1 rings (SSSR count). The van der Waals surface area contributed by atoms with Crippen LogP contribution in [0.2, 0.25) is 0 Å².